The Morgan fingerprint density at radius 3 is 2.48 bits per heavy atom. The van der Waals surface area contributed by atoms with Gasteiger partial charge in [-0.3, -0.25) is 4.79 Å². The average molecular weight is 315 g/mol. The summed E-state index contributed by atoms with van der Waals surface area (Å²) >= 11 is 0. The van der Waals surface area contributed by atoms with Crippen LogP contribution in [0.4, 0.5) is 5.69 Å². The summed E-state index contributed by atoms with van der Waals surface area (Å²) in [5, 5.41) is 12.4. The first kappa shape index (κ1) is 16.4. The summed E-state index contributed by atoms with van der Waals surface area (Å²) in [5.41, 5.74) is 1.15. The van der Waals surface area contributed by atoms with Gasteiger partial charge in [0.25, 0.3) is 5.91 Å². The van der Waals surface area contributed by atoms with Crippen LogP contribution in [0, 0.1) is 6.92 Å². The lowest BCUT2D eigenvalue weighted by atomic mass is 10.1. The van der Waals surface area contributed by atoms with Gasteiger partial charge >= 0.3 is 5.97 Å². The molecule has 0 aromatic heterocycles. The smallest absolute Gasteiger partial charge is 0.342 e. The van der Waals surface area contributed by atoms with Crippen molar-refractivity contribution < 1.29 is 24.2 Å². The van der Waals surface area contributed by atoms with Gasteiger partial charge < -0.3 is 19.9 Å². The van der Waals surface area contributed by atoms with E-state index in [4.69, 9.17) is 9.47 Å². The van der Waals surface area contributed by atoms with Gasteiger partial charge in [-0.05, 0) is 42.8 Å². The number of benzene rings is 2. The molecule has 1 amide bonds. The molecule has 0 aliphatic carbocycles. The highest BCUT2D eigenvalue weighted by molar-refractivity contribution is 5.96. The van der Waals surface area contributed by atoms with Crippen molar-refractivity contribution in [3.8, 4) is 11.5 Å². The fourth-order valence-corrected chi connectivity index (χ4v) is 1.90. The van der Waals surface area contributed by atoms with Crippen molar-refractivity contribution in [1.82, 2.24) is 0 Å². The van der Waals surface area contributed by atoms with Gasteiger partial charge in [0.1, 0.15) is 17.1 Å². The molecule has 0 aliphatic heterocycles. The number of amides is 1. The van der Waals surface area contributed by atoms with Crippen LogP contribution in [-0.4, -0.2) is 30.7 Å². The lowest BCUT2D eigenvalue weighted by Gasteiger charge is -2.09. The summed E-state index contributed by atoms with van der Waals surface area (Å²) in [6.45, 7) is 1.22. The Kier molecular flexibility index (Phi) is 5.19. The third kappa shape index (κ3) is 4.23. The molecule has 0 unspecified atom stereocenters. The predicted molar refractivity (Wildman–Crippen MR) is 84.8 cm³/mol. The summed E-state index contributed by atoms with van der Waals surface area (Å²) in [4.78, 5) is 23.7. The molecule has 0 bridgehead atoms. The molecular weight excluding hydrogens is 298 g/mol. The second kappa shape index (κ2) is 7.31. The van der Waals surface area contributed by atoms with Gasteiger partial charge in [0.15, 0.2) is 6.61 Å². The van der Waals surface area contributed by atoms with E-state index in [9.17, 15) is 14.7 Å². The van der Waals surface area contributed by atoms with E-state index in [2.05, 4.69) is 5.32 Å². The van der Waals surface area contributed by atoms with Crippen molar-refractivity contribution in [3.05, 3.63) is 53.6 Å². The average Bonchev–Trinajstić information content (AvgIpc) is 2.56. The molecule has 0 aliphatic rings. The van der Waals surface area contributed by atoms with Gasteiger partial charge in [-0.15, -0.1) is 0 Å². The molecule has 2 N–H and O–H groups in total. The number of phenols is 1. The second-order valence-corrected chi connectivity index (χ2v) is 4.82. The Morgan fingerprint density at radius 2 is 1.83 bits per heavy atom. The lowest BCUT2D eigenvalue weighted by Crippen LogP contribution is -2.21. The van der Waals surface area contributed by atoms with Gasteiger partial charge in [0.2, 0.25) is 0 Å². The molecule has 0 fully saturated rings. The predicted octanol–water partition coefficient (Wildman–Crippen LogP) is 2.50. The maximum absolute atomic E-state index is 11.9. The number of phenolic OH excluding ortho intramolecular Hbond substituents is 1. The Hall–Kier alpha value is -3.02. The number of hydrogen-bond acceptors (Lipinski definition) is 5. The molecule has 2 rings (SSSR count). The van der Waals surface area contributed by atoms with E-state index < -0.39 is 18.5 Å². The van der Waals surface area contributed by atoms with E-state index in [1.54, 1.807) is 50.4 Å². The van der Waals surface area contributed by atoms with E-state index in [0.29, 0.717) is 17.0 Å². The van der Waals surface area contributed by atoms with Crippen LogP contribution in [0.1, 0.15) is 15.9 Å². The Bertz CT molecular complexity index is 709. The van der Waals surface area contributed by atoms with Gasteiger partial charge in [0, 0.05) is 5.69 Å². The van der Waals surface area contributed by atoms with Gasteiger partial charge in [0.05, 0.1) is 7.11 Å². The number of aromatic hydroxyl groups is 1. The molecule has 6 nitrogen and oxygen atoms in total. The van der Waals surface area contributed by atoms with E-state index >= 15 is 0 Å². The quantitative estimate of drug-likeness (QED) is 0.828. The molecular formula is C17H17NO5. The zero-order chi connectivity index (χ0) is 16.8. The molecule has 23 heavy (non-hydrogen) atoms. The number of hydrogen-bond donors (Lipinski definition) is 2. The summed E-state index contributed by atoms with van der Waals surface area (Å²) in [6.07, 6.45) is 0. The number of esters is 1. The first-order valence-corrected chi connectivity index (χ1v) is 6.91. The molecule has 0 heterocycles. The number of carbonyl (C=O) groups is 2. The van der Waals surface area contributed by atoms with Gasteiger partial charge in [-0.25, -0.2) is 4.79 Å². The monoisotopic (exact) mass is 315 g/mol. The minimum Gasteiger partial charge on any atom is -0.507 e. The van der Waals surface area contributed by atoms with Crippen LogP contribution in [0.3, 0.4) is 0 Å². The normalized spacial score (nSPS) is 10.0. The van der Waals surface area contributed by atoms with Crippen LogP contribution in [0.15, 0.2) is 42.5 Å². The number of nitrogens with one attached hydrogen (secondary N) is 1. The van der Waals surface area contributed by atoms with Crippen molar-refractivity contribution in [2.24, 2.45) is 0 Å². The zero-order valence-electron chi connectivity index (χ0n) is 12.8. The van der Waals surface area contributed by atoms with E-state index in [1.807, 2.05) is 0 Å². The summed E-state index contributed by atoms with van der Waals surface area (Å²) in [7, 11) is 1.55. The van der Waals surface area contributed by atoms with Crippen LogP contribution >= 0.6 is 0 Å². The maximum Gasteiger partial charge on any atom is 0.342 e. The molecule has 0 saturated heterocycles. The summed E-state index contributed by atoms with van der Waals surface area (Å²) in [5.74, 6) is -0.704. The SMILES string of the molecule is COc1ccc(NC(=O)COC(=O)c2cccc(C)c2O)cc1. The molecule has 0 atom stereocenters. The minimum absolute atomic E-state index is 0.0299. The van der Waals surface area contributed by atoms with Crippen LogP contribution < -0.4 is 10.1 Å². The van der Waals surface area contributed by atoms with Crippen molar-refractivity contribution >= 4 is 17.6 Å². The maximum atomic E-state index is 11.9. The highest BCUT2D eigenvalue weighted by Gasteiger charge is 2.15. The molecule has 120 valence electrons. The largest absolute Gasteiger partial charge is 0.507 e. The summed E-state index contributed by atoms with van der Waals surface area (Å²) in [6, 6.07) is 11.5. The number of carbonyl (C=O) groups excluding carboxylic acids is 2. The molecule has 2 aromatic carbocycles. The minimum atomic E-state index is -0.754. The van der Waals surface area contributed by atoms with E-state index in [1.165, 1.54) is 6.07 Å². The Labute approximate surface area is 133 Å². The highest BCUT2D eigenvalue weighted by Crippen LogP contribution is 2.22. The molecule has 0 saturated carbocycles. The fraction of sp³-hybridized carbons (Fsp3) is 0.176. The summed E-state index contributed by atoms with van der Waals surface area (Å²) < 4.78 is 9.92. The third-order valence-electron chi connectivity index (χ3n) is 3.17. The number of rotatable bonds is 5. The highest BCUT2D eigenvalue weighted by atomic mass is 16.5. The second-order valence-electron chi connectivity index (χ2n) is 4.82. The van der Waals surface area contributed by atoms with Gasteiger partial charge in [-0.2, -0.15) is 0 Å². The standard InChI is InChI=1S/C17H17NO5/c1-11-4-3-5-14(16(11)20)17(21)23-10-15(19)18-12-6-8-13(22-2)9-7-12/h3-9,20H,10H2,1-2H3,(H,18,19). The Balaban J connectivity index is 1.90. The lowest BCUT2D eigenvalue weighted by molar-refractivity contribution is -0.119. The third-order valence-corrected chi connectivity index (χ3v) is 3.17. The molecule has 6 heteroatoms. The Morgan fingerprint density at radius 1 is 1.13 bits per heavy atom. The van der Waals surface area contributed by atoms with Crippen molar-refractivity contribution in [3.63, 3.8) is 0 Å². The first-order valence-electron chi connectivity index (χ1n) is 6.91. The molecule has 0 spiro atoms. The van der Waals surface area contributed by atoms with Crippen LogP contribution in [0.2, 0.25) is 0 Å². The fourth-order valence-electron chi connectivity index (χ4n) is 1.90. The number of methoxy groups -OCH3 is 1. The number of ether oxygens (including phenoxy) is 2. The van der Waals surface area contributed by atoms with Crippen LogP contribution in [0.25, 0.3) is 0 Å². The van der Waals surface area contributed by atoms with E-state index in [-0.39, 0.29) is 11.3 Å². The number of para-hydroxylation sites is 1. The topological polar surface area (TPSA) is 84.9 Å². The van der Waals surface area contributed by atoms with Crippen molar-refractivity contribution in [2.45, 2.75) is 6.92 Å². The van der Waals surface area contributed by atoms with Crippen LogP contribution in [-0.2, 0) is 9.53 Å². The van der Waals surface area contributed by atoms with Gasteiger partial charge in [-0.1, -0.05) is 12.1 Å². The van der Waals surface area contributed by atoms with Crippen molar-refractivity contribution in [1.29, 1.82) is 0 Å². The molecule has 2 aromatic rings. The van der Waals surface area contributed by atoms with Crippen LogP contribution in [0.5, 0.6) is 11.5 Å². The molecule has 0 radical (unpaired) electrons. The zero-order valence-corrected chi connectivity index (χ0v) is 12.8. The number of aryl methyl sites for hydroxylation is 1. The first-order chi connectivity index (χ1) is 11.0. The van der Waals surface area contributed by atoms with Crippen molar-refractivity contribution in [2.75, 3.05) is 19.0 Å². The number of anilines is 1. The van der Waals surface area contributed by atoms with E-state index in [0.717, 1.165) is 0 Å².